The molecule has 2 aromatic rings. The van der Waals surface area contributed by atoms with E-state index in [2.05, 4.69) is 64.8 Å². The van der Waals surface area contributed by atoms with Crippen molar-refractivity contribution in [2.24, 2.45) is 10.8 Å². The minimum Gasteiger partial charge on any atom is -0.478 e. The van der Waals surface area contributed by atoms with E-state index >= 15 is 0 Å². The predicted molar refractivity (Wildman–Crippen MR) is 123 cm³/mol. The quantitative estimate of drug-likeness (QED) is 0.588. The third-order valence-corrected chi connectivity index (χ3v) is 7.26. The van der Waals surface area contributed by atoms with Gasteiger partial charge in [-0.3, -0.25) is 0 Å². The van der Waals surface area contributed by atoms with E-state index in [1.54, 1.807) is 11.3 Å². The lowest BCUT2D eigenvalue weighted by Gasteiger charge is -2.29. The summed E-state index contributed by atoms with van der Waals surface area (Å²) < 4.78 is 0. The smallest absolute Gasteiger partial charge is 0.337 e. The molecule has 0 fully saturated rings. The van der Waals surface area contributed by atoms with Crippen LogP contribution in [-0.4, -0.2) is 29.6 Å². The fourth-order valence-corrected chi connectivity index (χ4v) is 5.48. The number of aromatic carboxylic acids is 1. The Labute approximate surface area is 179 Å². The van der Waals surface area contributed by atoms with Crippen LogP contribution in [0.2, 0.25) is 0 Å². The van der Waals surface area contributed by atoms with Gasteiger partial charge in [-0.15, -0.1) is 11.3 Å². The van der Waals surface area contributed by atoms with E-state index in [0.717, 1.165) is 54.8 Å². The van der Waals surface area contributed by atoms with Crippen LogP contribution in [0.4, 0.5) is 0 Å². The Hall–Kier alpha value is -1.65. The highest BCUT2D eigenvalue weighted by molar-refractivity contribution is 7.16. The molecule has 1 aromatic heterocycles. The van der Waals surface area contributed by atoms with Crippen LogP contribution < -0.4 is 0 Å². The van der Waals surface area contributed by atoms with E-state index in [-0.39, 0.29) is 5.41 Å². The maximum atomic E-state index is 12.3. The molecule has 3 nitrogen and oxygen atoms in total. The lowest BCUT2D eigenvalue weighted by Crippen LogP contribution is -2.23. The molecule has 0 unspecified atom stereocenters. The molecule has 1 heterocycles. The van der Waals surface area contributed by atoms with Crippen LogP contribution in [0.25, 0.3) is 10.4 Å². The minimum atomic E-state index is -0.786. The number of hydrogen-bond donors (Lipinski definition) is 1. The summed E-state index contributed by atoms with van der Waals surface area (Å²) in [7, 11) is 2.16. The Morgan fingerprint density at radius 3 is 2.59 bits per heavy atom. The van der Waals surface area contributed by atoms with Gasteiger partial charge in [0.05, 0.1) is 5.56 Å². The van der Waals surface area contributed by atoms with Crippen LogP contribution >= 0.6 is 11.3 Å². The molecule has 0 radical (unpaired) electrons. The summed E-state index contributed by atoms with van der Waals surface area (Å²) in [5.41, 5.74) is 4.40. The molecule has 158 valence electrons. The van der Waals surface area contributed by atoms with Crippen molar-refractivity contribution < 1.29 is 9.90 Å². The molecule has 3 rings (SSSR count). The number of carbonyl (C=O) groups is 1. The number of carboxylic acid groups (broad SMARTS) is 1. The van der Waals surface area contributed by atoms with Crippen molar-refractivity contribution in [3.05, 3.63) is 45.8 Å². The monoisotopic (exact) mass is 413 g/mol. The van der Waals surface area contributed by atoms with Crippen molar-refractivity contribution in [1.29, 1.82) is 0 Å². The molecular weight excluding hydrogens is 378 g/mol. The molecule has 1 N–H and O–H groups in total. The summed E-state index contributed by atoms with van der Waals surface area (Å²) in [4.78, 5) is 16.8. The average molecular weight is 414 g/mol. The zero-order valence-electron chi connectivity index (χ0n) is 18.8. The van der Waals surface area contributed by atoms with Gasteiger partial charge in [0, 0.05) is 16.3 Å². The summed E-state index contributed by atoms with van der Waals surface area (Å²) in [6.45, 7) is 13.2. The molecule has 29 heavy (non-hydrogen) atoms. The van der Waals surface area contributed by atoms with Gasteiger partial charge in [0.15, 0.2) is 0 Å². The van der Waals surface area contributed by atoms with E-state index < -0.39 is 5.97 Å². The second-order valence-corrected chi connectivity index (χ2v) is 11.7. The molecule has 0 amide bonds. The molecule has 0 spiro atoms. The largest absolute Gasteiger partial charge is 0.478 e. The van der Waals surface area contributed by atoms with Crippen LogP contribution in [0.5, 0.6) is 0 Å². The number of thiophene rings is 1. The van der Waals surface area contributed by atoms with Gasteiger partial charge >= 0.3 is 5.97 Å². The normalized spacial score (nSPS) is 16.1. The number of hydrogen-bond acceptors (Lipinski definition) is 3. The van der Waals surface area contributed by atoms with E-state index in [9.17, 15) is 9.90 Å². The second-order valence-electron chi connectivity index (χ2n) is 10.6. The van der Waals surface area contributed by atoms with Gasteiger partial charge in [0.25, 0.3) is 0 Å². The Bertz CT molecular complexity index is 889. The zero-order valence-corrected chi connectivity index (χ0v) is 19.6. The lowest BCUT2D eigenvalue weighted by atomic mass is 9.76. The van der Waals surface area contributed by atoms with E-state index in [1.165, 1.54) is 10.4 Å². The van der Waals surface area contributed by atoms with Gasteiger partial charge in [-0.05, 0) is 66.8 Å². The fourth-order valence-electron chi connectivity index (χ4n) is 4.11. The topological polar surface area (TPSA) is 40.5 Å². The first-order valence-corrected chi connectivity index (χ1v) is 11.4. The summed E-state index contributed by atoms with van der Waals surface area (Å²) in [6.07, 6.45) is 4.10. The lowest BCUT2D eigenvalue weighted by molar-refractivity contribution is 0.0696. The third kappa shape index (κ3) is 5.29. The Kier molecular flexibility index (Phi) is 6.26. The van der Waals surface area contributed by atoms with Gasteiger partial charge in [0.2, 0.25) is 0 Å². The first-order chi connectivity index (χ1) is 13.5. The van der Waals surface area contributed by atoms with Crippen molar-refractivity contribution >= 4 is 17.3 Å². The number of rotatable bonds is 6. The number of fused-ring (bicyclic) bond motifs is 1. The molecule has 0 bridgehead atoms. The van der Waals surface area contributed by atoms with E-state index in [4.69, 9.17) is 0 Å². The summed E-state index contributed by atoms with van der Waals surface area (Å²) >= 11 is 1.70. The van der Waals surface area contributed by atoms with Gasteiger partial charge < -0.3 is 10.0 Å². The van der Waals surface area contributed by atoms with E-state index in [1.807, 2.05) is 6.07 Å². The highest BCUT2D eigenvalue weighted by Gasteiger charge is 2.33. The number of benzene rings is 1. The molecule has 0 saturated heterocycles. The first kappa shape index (κ1) is 22.0. The third-order valence-electron chi connectivity index (χ3n) is 5.93. The van der Waals surface area contributed by atoms with Crippen molar-refractivity contribution in [2.45, 2.75) is 66.8 Å². The van der Waals surface area contributed by atoms with Crippen molar-refractivity contribution in [2.75, 3.05) is 13.6 Å². The van der Waals surface area contributed by atoms with Crippen LogP contribution in [0.1, 0.15) is 73.8 Å². The molecular formula is C25H35NO2S. The van der Waals surface area contributed by atoms with Crippen molar-refractivity contribution in [3.8, 4) is 10.4 Å². The number of aryl methyl sites for hydroxylation is 1. The van der Waals surface area contributed by atoms with Gasteiger partial charge in [-0.1, -0.05) is 58.9 Å². The summed E-state index contributed by atoms with van der Waals surface area (Å²) in [6, 6.07) is 8.34. The SMILES string of the molecule is CN(CCC(C)(C)C)Cc1ccccc1-c1sc2c(c1C(=O)O)CC(C)(C)CC2. The van der Waals surface area contributed by atoms with E-state index in [0.29, 0.717) is 11.0 Å². The Balaban J connectivity index is 1.96. The zero-order chi connectivity index (χ0) is 21.4. The van der Waals surface area contributed by atoms with Crippen LogP contribution in [-0.2, 0) is 19.4 Å². The summed E-state index contributed by atoms with van der Waals surface area (Å²) in [5, 5.41) is 10.1. The van der Waals surface area contributed by atoms with Crippen LogP contribution in [0.3, 0.4) is 0 Å². The summed E-state index contributed by atoms with van der Waals surface area (Å²) in [5.74, 6) is -0.786. The molecule has 1 aliphatic carbocycles. The van der Waals surface area contributed by atoms with Gasteiger partial charge in [-0.25, -0.2) is 4.79 Å². The maximum absolute atomic E-state index is 12.3. The van der Waals surface area contributed by atoms with Crippen LogP contribution in [0.15, 0.2) is 24.3 Å². The van der Waals surface area contributed by atoms with Crippen LogP contribution in [0, 0.1) is 10.8 Å². The Morgan fingerprint density at radius 1 is 1.24 bits per heavy atom. The van der Waals surface area contributed by atoms with Gasteiger partial charge in [-0.2, -0.15) is 0 Å². The van der Waals surface area contributed by atoms with Crippen molar-refractivity contribution in [3.63, 3.8) is 0 Å². The molecule has 4 heteroatoms. The molecule has 0 saturated carbocycles. The Morgan fingerprint density at radius 2 is 1.93 bits per heavy atom. The molecule has 1 aliphatic rings. The molecule has 0 atom stereocenters. The highest BCUT2D eigenvalue weighted by Crippen LogP contribution is 2.45. The van der Waals surface area contributed by atoms with Gasteiger partial charge in [0.1, 0.15) is 0 Å². The van der Waals surface area contributed by atoms with Crippen molar-refractivity contribution in [1.82, 2.24) is 4.90 Å². The fraction of sp³-hybridized carbons (Fsp3) is 0.560. The maximum Gasteiger partial charge on any atom is 0.337 e. The number of nitrogens with zero attached hydrogens (tertiary/aromatic N) is 1. The predicted octanol–water partition coefficient (Wildman–Crippen LogP) is 6.50. The number of carboxylic acids is 1. The average Bonchev–Trinajstić information content (AvgIpc) is 2.97. The second kappa shape index (κ2) is 8.23. The highest BCUT2D eigenvalue weighted by atomic mass is 32.1. The minimum absolute atomic E-state index is 0.169. The standard InChI is InChI=1S/C25H35NO2S/c1-24(2,3)13-14-26(6)16-17-9-7-8-10-18(17)22-21(23(27)28)19-15-25(4,5)12-11-20(19)29-22/h7-10H,11-16H2,1-6H3,(H,27,28). The molecule has 0 aliphatic heterocycles. The molecule has 1 aromatic carbocycles. The first-order valence-electron chi connectivity index (χ1n) is 10.6.